The van der Waals surface area contributed by atoms with E-state index in [1.807, 2.05) is 0 Å². The van der Waals surface area contributed by atoms with Crippen molar-refractivity contribution in [2.75, 3.05) is 12.3 Å². The highest BCUT2D eigenvalue weighted by Crippen LogP contribution is 2.14. The van der Waals surface area contributed by atoms with Gasteiger partial charge in [-0.1, -0.05) is 5.21 Å². The smallest absolute Gasteiger partial charge is 0.165 e. The number of hydrogen-bond acceptors (Lipinski definition) is 4. The molecule has 1 aliphatic rings. The van der Waals surface area contributed by atoms with Crippen molar-refractivity contribution >= 4 is 5.82 Å². The summed E-state index contributed by atoms with van der Waals surface area (Å²) >= 11 is 0. The fraction of sp³-hybridized carbons (Fsp3) is 0.750. The molecule has 1 aromatic rings. The summed E-state index contributed by atoms with van der Waals surface area (Å²) in [5.74, 6) is 0.468. The fourth-order valence-electron chi connectivity index (χ4n) is 1.56. The lowest BCUT2D eigenvalue weighted by Gasteiger charge is -2.21. The molecule has 2 N–H and O–H groups in total. The van der Waals surface area contributed by atoms with E-state index in [0.717, 1.165) is 19.6 Å². The Bertz CT molecular complexity index is 267. The first kappa shape index (κ1) is 8.50. The average molecular weight is 182 g/mol. The lowest BCUT2D eigenvalue weighted by atomic mass is 10.1. The van der Waals surface area contributed by atoms with E-state index < -0.39 is 0 Å². The highest BCUT2D eigenvalue weighted by Gasteiger charge is 2.14. The van der Waals surface area contributed by atoms with Gasteiger partial charge in [0.15, 0.2) is 5.82 Å². The summed E-state index contributed by atoms with van der Waals surface area (Å²) < 4.78 is 7.30. The summed E-state index contributed by atoms with van der Waals surface area (Å²) in [7, 11) is 0. The molecule has 0 amide bonds. The van der Waals surface area contributed by atoms with Gasteiger partial charge in [-0.05, 0) is 19.3 Å². The second-order valence-corrected chi connectivity index (χ2v) is 3.35. The maximum absolute atomic E-state index is 5.56. The van der Waals surface area contributed by atoms with E-state index in [1.54, 1.807) is 10.9 Å². The molecule has 0 aliphatic carbocycles. The van der Waals surface area contributed by atoms with Crippen LogP contribution in [0.15, 0.2) is 6.20 Å². The molecule has 72 valence electrons. The van der Waals surface area contributed by atoms with E-state index in [0.29, 0.717) is 5.82 Å². The summed E-state index contributed by atoms with van der Waals surface area (Å²) in [6, 6.07) is 0. The Morgan fingerprint density at radius 3 is 3.15 bits per heavy atom. The van der Waals surface area contributed by atoms with E-state index in [-0.39, 0.29) is 6.10 Å². The monoisotopic (exact) mass is 182 g/mol. The summed E-state index contributed by atoms with van der Waals surface area (Å²) in [4.78, 5) is 0. The van der Waals surface area contributed by atoms with Gasteiger partial charge < -0.3 is 10.5 Å². The summed E-state index contributed by atoms with van der Waals surface area (Å²) in [5, 5.41) is 7.59. The van der Waals surface area contributed by atoms with Crippen LogP contribution in [0, 0.1) is 0 Å². The van der Waals surface area contributed by atoms with E-state index >= 15 is 0 Å². The predicted molar refractivity (Wildman–Crippen MR) is 48.0 cm³/mol. The highest BCUT2D eigenvalue weighted by molar-refractivity contribution is 5.19. The Labute approximate surface area is 76.9 Å². The van der Waals surface area contributed by atoms with Gasteiger partial charge in [0.05, 0.1) is 18.8 Å². The van der Waals surface area contributed by atoms with Crippen LogP contribution in [0.25, 0.3) is 0 Å². The van der Waals surface area contributed by atoms with Gasteiger partial charge in [0.25, 0.3) is 0 Å². The number of ether oxygens (including phenoxy) is 1. The predicted octanol–water partition coefficient (Wildman–Crippen LogP) is 0.429. The number of anilines is 1. The SMILES string of the molecule is Nc1cn(CC2CCCCO2)nn1. The van der Waals surface area contributed by atoms with Gasteiger partial charge in [0.2, 0.25) is 0 Å². The number of hydrogen-bond donors (Lipinski definition) is 1. The first-order chi connectivity index (χ1) is 6.34. The quantitative estimate of drug-likeness (QED) is 0.720. The molecule has 2 rings (SSSR count). The van der Waals surface area contributed by atoms with Crippen molar-refractivity contribution in [1.29, 1.82) is 0 Å². The van der Waals surface area contributed by atoms with E-state index in [9.17, 15) is 0 Å². The maximum Gasteiger partial charge on any atom is 0.165 e. The zero-order valence-electron chi connectivity index (χ0n) is 7.52. The van der Waals surface area contributed by atoms with Crippen LogP contribution in [0.4, 0.5) is 5.82 Å². The van der Waals surface area contributed by atoms with Crippen molar-refractivity contribution in [2.24, 2.45) is 0 Å². The van der Waals surface area contributed by atoms with Crippen LogP contribution in [0.3, 0.4) is 0 Å². The fourth-order valence-corrected chi connectivity index (χ4v) is 1.56. The average Bonchev–Trinajstić information content (AvgIpc) is 2.53. The third-order valence-electron chi connectivity index (χ3n) is 2.22. The topological polar surface area (TPSA) is 66.0 Å². The first-order valence-corrected chi connectivity index (χ1v) is 4.62. The molecule has 5 nitrogen and oxygen atoms in total. The Morgan fingerprint density at radius 2 is 2.54 bits per heavy atom. The van der Waals surface area contributed by atoms with Crippen molar-refractivity contribution in [2.45, 2.75) is 31.9 Å². The van der Waals surface area contributed by atoms with Crippen LogP contribution in [0.5, 0.6) is 0 Å². The van der Waals surface area contributed by atoms with Crippen LogP contribution in [0.2, 0.25) is 0 Å². The van der Waals surface area contributed by atoms with Crippen molar-refractivity contribution in [3.8, 4) is 0 Å². The van der Waals surface area contributed by atoms with Gasteiger partial charge in [-0.15, -0.1) is 5.10 Å². The minimum absolute atomic E-state index is 0.287. The molecule has 1 atom stereocenters. The normalized spacial score (nSPS) is 23.2. The first-order valence-electron chi connectivity index (χ1n) is 4.62. The van der Waals surface area contributed by atoms with E-state index in [1.165, 1.54) is 12.8 Å². The molecular formula is C8H14N4O. The van der Waals surface area contributed by atoms with Crippen LogP contribution in [-0.4, -0.2) is 27.7 Å². The molecule has 0 saturated carbocycles. The Kier molecular flexibility index (Phi) is 2.44. The molecule has 1 saturated heterocycles. The third kappa shape index (κ3) is 2.18. The Balaban J connectivity index is 1.89. The Hall–Kier alpha value is -1.10. The van der Waals surface area contributed by atoms with Gasteiger partial charge in [-0.3, -0.25) is 0 Å². The van der Waals surface area contributed by atoms with E-state index in [4.69, 9.17) is 10.5 Å². The molecule has 1 aliphatic heterocycles. The third-order valence-corrected chi connectivity index (χ3v) is 2.22. The van der Waals surface area contributed by atoms with Crippen LogP contribution in [-0.2, 0) is 11.3 Å². The molecule has 1 aromatic heterocycles. The molecule has 13 heavy (non-hydrogen) atoms. The van der Waals surface area contributed by atoms with E-state index in [2.05, 4.69) is 10.3 Å². The zero-order valence-corrected chi connectivity index (χ0v) is 7.52. The van der Waals surface area contributed by atoms with Crippen molar-refractivity contribution in [3.05, 3.63) is 6.20 Å². The van der Waals surface area contributed by atoms with Crippen molar-refractivity contribution < 1.29 is 4.74 Å². The number of nitrogens with two attached hydrogens (primary N) is 1. The highest BCUT2D eigenvalue weighted by atomic mass is 16.5. The standard InChI is InChI=1S/C8H14N4O/c9-8-6-12(11-10-8)5-7-3-1-2-4-13-7/h6-7H,1-5,9H2. The molecule has 0 bridgehead atoms. The second kappa shape index (κ2) is 3.74. The van der Waals surface area contributed by atoms with Crippen LogP contribution in [0.1, 0.15) is 19.3 Å². The van der Waals surface area contributed by atoms with Gasteiger partial charge in [-0.2, -0.15) is 0 Å². The van der Waals surface area contributed by atoms with Gasteiger partial charge in [0.1, 0.15) is 0 Å². The molecule has 1 unspecified atom stereocenters. The van der Waals surface area contributed by atoms with Crippen LogP contribution < -0.4 is 5.73 Å². The minimum Gasteiger partial charge on any atom is -0.381 e. The second-order valence-electron chi connectivity index (χ2n) is 3.35. The zero-order chi connectivity index (χ0) is 9.10. The molecule has 5 heteroatoms. The number of nitrogens with zero attached hydrogens (tertiary/aromatic N) is 3. The summed E-state index contributed by atoms with van der Waals surface area (Å²) in [6.45, 7) is 1.64. The van der Waals surface area contributed by atoms with Gasteiger partial charge >= 0.3 is 0 Å². The lowest BCUT2D eigenvalue weighted by Crippen LogP contribution is -2.24. The summed E-state index contributed by atoms with van der Waals surface area (Å²) in [6.07, 6.45) is 5.55. The van der Waals surface area contributed by atoms with Crippen molar-refractivity contribution in [3.63, 3.8) is 0 Å². The Morgan fingerprint density at radius 1 is 1.62 bits per heavy atom. The molecule has 0 aromatic carbocycles. The molecule has 0 spiro atoms. The number of aromatic nitrogens is 3. The molecule has 1 fully saturated rings. The van der Waals surface area contributed by atoms with Gasteiger partial charge in [-0.25, -0.2) is 4.68 Å². The number of rotatable bonds is 2. The lowest BCUT2D eigenvalue weighted by molar-refractivity contribution is 0.00370. The molecule has 2 heterocycles. The van der Waals surface area contributed by atoms with Crippen molar-refractivity contribution in [1.82, 2.24) is 15.0 Å². The minimum atomic E-state index is 0.287. The molecule has 0 radical (unpaired) electrons. The largest absolute Gasteiger partial charge is 0.381 e. The van der Waals surface area contributed by atoms with Gasteiger partial charge in [0, 0.05) is 6.61 Å². The summed E-state index contributed by atoms with van der Waals surface area (Å²) in [5.41, 5.74) is 5.45. The number of nitrogen functional groups attached to an aromatic ring is 1. The van der Waals surface area contributed by atoms with Crippen LogP contribution >= 0.6 is 0 Å². The molecular weight excluding hydrogens is 168 g/mol. The maximum atomic E-state index is 5.56.